The van der Waals surface area contributed by atoms with Gasteiger partial charge in [0.05, 0.1) is 17.3 Å². The number of hydrogen-bond acceptors (Lipinski definition) is 2. The van der Waals surface area contributed by atoms with Gasteiger partial charge in [-0.1, -0.05) is 20.3 Å². The summed E-state index contributed by atoms with van der Waals surface area (Å²) in [7, 11) is 1.87. The average molecular weight is 220 g/mol. The van der Waals surface area contributed by atoms with Crippen LogP contribution in [-0.2, 0) is 0 Å². The quantitative estimate of drug-likeness (QED) is 0.779. The summed E-state index contributed by atoms with van der Waals surface area (Å²) in [6, 6.07) is 6.51. The van der Waals surface area contributed by atoms with Gasteiger partial charge in [-0.15, -0.1) is 0 Å². The molecule has 86 valence electrons. The summed E-state index contributed by atoms with van der Waals surface area (Å²) in [5.41, 5.74) is 0.914. The Bertz CT molecular complexity index is 395. The molecule has 0 fully saturated rings. The molecule has 0 aliphatic carbocycles. The van der Waals surface area contributed by atoms with E-state index in [9.17, 15) is 4.39 Å². The summed E-state index contributed by atoms with van der Waals surface area (Å²) in [5.74, 6) is 0.199. The van der Waals surface area contributed by atoms with E-state index in [2.05, 4.69) is 13.8 Å². The van der Waals surface area contributed by atoms with Crippen LogP contribution in [0.5, 0.6) is 0 Å². The van der Waals surface area contributed by atoms with Crippen LogP contribution in [0.1, 0.15) is 25.8 Å². The minimum atomic E-state index is -0.329. The van der Waals surface area contributed by atoms with E-state index < -0.39 is 0 Å². The van der Waals surface area contributed by atoms with Crippen LogP contribution in [0.15, 0.2) is 18.2 Å². The largest absolute Gasteiger partial charge is 0.372 e. The van der Waals surface area contributed by atoms with Crippen LogP contribution in [0, 0.1) is 23.1 Å². The Kier molecular flexibility index (Phi) is 4.30. The van der Waals surface area contributed by atoms with Crippen molar-refractivity contribution >= 4 is 5.69 Å². The maximum absolute atomic E-state index is 13.6. The predicted octanol–water partition coefficient (Wildman–Crippen LogP) is 3.18. The lowest BCUT2D eigenvalue weighted by atomic mass is 10.1. The summed E-state index contributed by atoms with van der Waals surface area (Å²) < 4.78 is 13.6. The molecule has 3 heteroatoms. The fourth-order valence-electron chi connectivity index (χ4n) is 1.58. The van der Waals surface area contributed by atoms with Crippen molar-refractivity contribution < 1.29 is 4.39 Å². The zero-order valence-corrected chi connectivity index (χ0v) is 10.00. The van der Waals surface area contributed by atoms with Crippen molar-refractivity contribution in [2.75, 3.05) is 18.5 Å². The standard InChI is InChI=1S/C13H17FN2/c1-4-10(2)9-16(3)13-6-5-11(8-15)7-12(13)14/h5-7,10H,4,9H2,1-3H3. The molecule has 1 aromatic carbocycles. The lowest BCUT2D eigenvalue weighted by Crippen LogP contribution is -2.24. The lowest BCUT2D eigenvalue weighted by molar-refractivity contribution is 0.550. The van der Waals surface area contributed by atoms with Gasteiger partial charge in [0.1, 0.15) is 5.82 Å². The van der Waals surface area contributed by atoms with Crippen LogP contribution in [0.4, 0.5) is 10.1 Å². The molecule has 0 bridgehead atoms. The molecule has 0 spiro atoms. The molecule has 0 heterocycles. The Labute approximate surface area is 96.3 Å². The van der Waals surface area contributed by atoms with E-state index in [1.807, 2.05) is 18.0 Å². The van der Waals surface area contributed by atoms with Crippen LogP contribution in [-0.4, -0.2) is 13.6 Å². The van der Waals surface area contributed by atoms with Crippen molar-refractivity contribution in [3.05, 3.63) is 29.6 Å². The molecule has 0 N–H and O–H groups in total. The molecule has 1 unspecified atom stereocenters. The topological polar surface area (TPSA) is 27.0 Å². The number of nitrogens with zero attached hydrogens (tertiary/aromatic N) is 2. The molecule has 0 aliphatic rings. The van der Waals surface area contributed by atoms with E-state index >= 15 is 0 Å². The van der Waals surface area contributed by atoms with Gasteiger partial charge in [-0.2, -0.15) is 5.26 Å². The van der Waals surface area contributed by atoms with E-state index in [-0.39, 0.29) is 5.82 Å². The van der Waals surface area contributed by atoms with E-state index in [4.69, 9.17) is 5.26 Å². The Balaban J connectivity index is 2.84. The minimum Gasteiger partial charge on any atom is -0.372 e. The molecule has 1 aromatic rings. The summed E-state index contributed by atoms with van der Waals surface area (Å²) in [4.78, 5) is 1.89. The Hall–Kier alpha value is -1.56. The van der Waals surface area contributed by atoms with E-state index in [1.165, 1.54) is 6.07 Å². The summed E-state index contributed by atoms with van der Waals surface area (Å²) in [5, 5.41) is 8.64. The van der Waals surface area contributed by atoms with Crippen LogP contribution in [0.2, 0.25) is 0 Å². The normalized spacial score (nSPS) is 11.9. The molecular formula is C13H17FN2. The number of nitriles is 1. The molecule has 1 atom stereocenters. The Morgan fingerprint density at radius 3 is 2.69 bits per heavy atom. The molecule has 0 amide bonds. The molecule has 1 rings (SSSR count). The van der Waals surface area contributed by atoms with Crippen LogP contribution in [0.3, 0.4) is 0 Å². The van der Waals surface area contributed by atoms with Gasteiger partial charge in [0.25, 0.3) is 0 Å². The smallest absolute Gasteiger partial charge is 0.147 e. The minimum absolute atomic E-state index is 0.329. The fourth-order valence-corrected chi connectivity index (χ4v) is 1.58. The lowest BCUT2D eigenvalue weighted by Gasteiger charge is -2.23. The molecule has 0 aromatic heterocycles. The van der Waals surface area contributed by atoms with Gasteiger partial charge in [0.15, 0.2) is 0 Å². The third-order valence-electron chi connectivity index (χ3n) is 2.77. The highest BCUT2D eigenvalue weighted by molar-refractivity contribution is 5.50. The van der Waals surface area contributed by atoms with Crippen LogP contribution < -0.4 is 4.90 Å². The first kappa shape index (κ1) is 12.5. The number of halogens is 1. The van der Waals surface area contributed by atoms with Gasteiger partial charge < -0.3 is 4.90 Å². The molecule has 0 radical (unpaired) electrons. The van der Waals surface area contributed by atoms with Gasteiger partial charge in [0, 0.05) is 13.6 Å². The SMILES string of the molecule is CCC(C)CN(C)c1ccc(C#N)cc1F. The first-order chi connectivity index (χ1) is 7.58. The zero-order chi connectivity index (χ0) is 12.1. The second kappa shape index (κ2) is 5.50. The molecule has 0 saturated heterocycles. The van der Waals surface area contributed by atoms with Gasteiger partial charge in [-0.05, 0) is 24.1 Å². The highest BCUT2D eigenvalue weighted by atomic mass is 19.1. The molecule has 16 heavy (non-hydrogen) atoms. The Morgan fingerprint density at radius 1 is 1.50 bits per heavy atom. The van der Waals surface area contributed by atoms with Crippen molar-refractivity contribution in [3.8, 4) is 6.07 Å². The Morgan fingerprint density at radius 2 is 2.19 bits per heavy atom. The van der Waals surface area contributed by atoms with Gasteiger partial charge >= 0.3 is 0 Å². The summed E-state index contributed by atoms with van der Waals surface area (Å²) in [6.45, 7) is 5.07. The highest BCUT2D eigenvalue weighted by Crippen LogP contribution is 2.20. The molecule has 2 nitrogen and oxygen atoms in total. The first-order valence-corrected chi connectivity index (χ1v) is 5.49. The van der Waals surface area contributed by atoms with E-state index in [0.717, 1.165) is 13.0 Å². The van der Waals surface area contributed by atoms with Gasteiger partial charge in [-0.3, -0.25) is 0 Å². The molecule has 0 aliphatic heterocycles. The number of anilines is 1. The summed E-state index contributed by atoms with van der Waals surface area (Å²) >= 11 is 0. The second-order valence-electron chi connectivity index (χ2n) is 4.17. The predicted molar refractivity (Wildman–Crippen MR) is 63.8 cm³/mol. The van der Waals surface area contributed by atoms with Crippen LogP contribution >= 0.6 is 0 Å². The first-order valence-electron chi connectivity index (χ1n) is 5.49. The van der Waals surface area contributed by atoms with Crippen molar-refractivity contribution in [3.63, 3.8) is 0 Å². The highest BCUT2D eigenvalue weighted by Gasteiger charge is 2.10. The van der Waals surface area contributed by atoms with Crippen molar-refractivity contribution in [1.82, 2.24) is 0 Å². The number of rotatable bonds is 4. The third kappa shape index (κ3) is 2.96. The average Bonchev–Trinajstić information content (AvgIpc) is 2.28. The van der Waals surface area contributed by atoms with Crippen molar-refractivity contribution in [2.45, 2.75) is 20.3 Å². The van der Waals surface area contributed by atoms with E-state index in [1.54, 1.807) is 12.1 Å². The van der Waals surface area contributed by atoms with Gasteiger partial charge in [-0.25, -0.2) is 4.39 Å². The fraction of sp³-hybridized carbons (Fsp3) is 0.462. The van der Waals surface area contributed by atoms with Crippen molar-refractivity contribution in [1.29, 1.82) is 5.26 Å². The third-order valence-corrected chi connectivity index (χ3v) is 2.77. The van der Waals surface area contributed by atoms with E-state index in [0.29, 0.717) is 17.2 Å². The molecular weight excluding hydrogens is 203 g/mol. The second-order valence-corrected chi connectivity index (χ2v) is 4.17. The maximum atomic E-state index is 13.6. The van der Waals surface area contributed by atoms with Gasteiger partial charge in [0.2, 0.25) is 0 Å². The zero-order valence-electron chi connectivity index (χ0n) is 10.00. The maximum Gasteiger partial charge on any atom is 0.147 e. The molecule has 0 saturated carbocycles. The summed E-state index contributed by atoms with van der Waals surface area (Å²) in [6.07, 6.45) is 1.07. The van der Waals surface area contributed by atoms with Crippen molar-refractivity contribution in [2.24, 2.45) is 5.92 Å². The number of hydrogen-bond donors (Lipinski definition) is 0. The number of benzene rings is 1. The monoisotopic (exact) mass is 220 g/mol. The van der Waals surface area contributed by atoms with Crippen LogP contribution in [0.25, 0.3) is 0 Å².